The molecule has 0 aromatic heterocycles. The Balaban J connectivity index is 2.27. The van der Waals surface area contributed by atoms with Crippen LogP contribution in [0.1, 0.15) is 18.0 Å². The fraction of sp³-hybridized carbons (Fsp3) is 0.533. The Bertz CT molecular complexity index is 489. The van der Waals surface area contributed by atoms with Gasteiger partial charge in [-0.2, -0.15) is 5.26 Å². The molecular formula is C15H21ClN4. The summed E-state index contributed by atoms with van der Waals surface area (Å²) in [6, 6.07) is 8.48. The van der Waals surface area contributed by atoms with E-state index in [1.165, 1.54) is 0 Å². The molecule has 4 nitrogen and oxygen atoms in total. The summed E-state index contributed by atoms with van der Waals surface area (Å²) in [5.41, 5.74) is 2.13. The van der Waals surface area contributed by atoms with Crippen LogP contribution in [0.15, 0.2) is 18.2 Å². The number of rotatable bonds is 4. The first kappa shape index (κ1) is 15.1. The maximum Gasteiger partial charge on any atom is 0.0641 e. The molecular weight excluding hydrogens is 272 g/mol. The summed E-state index contributed by atoms with van der Waals surface area (Å²) in [6.45, 7) is 3.85. The van der Waals surface area contributed by atoms with Gasteiger partial charge >= 0.3 is 0 Å². The van der Waals surface area contributed by atoms with Crippen LogP contribution in [0.5, 0.6) is 0 Å². The molecule has 0 amide bonds. The summed E-state index contributed by atoms with van der Waals surface area (Å²) in [7, 11) is 3.99. The number of halogens is 1. The summed E-state index contributed by atoms with van der Waals surface area (Å²) in [4.78, 5) is 4.37. The normalized spacial score (nSPS) is 17.5. The van der Waals surface area contributed by atoms with Crippen molar-refractivity contribution in [1.29, 1.82) is 5.26 Å². The van der Waals surface area contributed by atoms with Crippen LogP contribution >= 0.6 is 11.6 Å². The van der Waals surface area contributed by atoms with Crippen LogP contribution in [0.4, 0.5) is 5.69 Å². The van der Waals surface area contributed by atoms with Crippen molar-refractivity contribution in [2.45, 2.75) is 12.5 Å². The van der Waals surface area contributed by atoms with E-state index in [1.807, 2.05) is 25.1 Å². The Labute approximate surface area is 125 Å². The first-order valence-electron chi connectivity index (χ1n) is 6.92. The zero-order valence-electron chi connectivity index (χ0n) is 12.1. The molecule has 1 aliphatic rings. The lowest BCUT2D eigenvalue weighted by atomic mass is 10.0. The maximum atomic E-state index is 9.12. The van der Waals surface area contributed by atoms with E-state index >= 15 is 0 Å². The van der Waals surface area contributed by atoms with Crippen molar-refractivity contribution in [3.05, 3.63) is 28.8 Å². The van der Waals surface area contributed by atoms with Gasteiger partial charge < -0.3 is 10.2 Å². The minimum absolute atomic E-state index is 0.0887. The molecule has 20 heavy (non-hydrogen) atoms. The van der Waals surface area contributed by atoms with Gasteiger partial charge in [-0.25, -0.2) is 0 Å². The zero-order valence-corrected chi connectivity index (χ0v) is 12.8. The number of nitriles is 1. The minimum atomic E-state index is 0.0887. The highest BCUT2D eigenvalue weighted by Gasteiger charge is 2.24. The molecule has 1 fully saturated rings. The van der Waals surface area contributed by atoms with Crippen LogP contribution in [0.2, 0.25) is 5.02 Å². The molecule has 0 aliphatic carbocycles. The van der Waals surface area contributed by atoms with Gasteiger partial charge in [0.05, 0.1) is 12.5 Å². The lowest BCUT2D eigenvalue weighted by Crippen LogP contribution is -2.45. The molecule has 0 bridgehead atoms. The molecule has 1 saturated heterocycles. The third-order valence-electron chi connectivity index (χ3n) is 3.74. The second-order valence-corrected chi connectivity index (χ2v) is 5.67. The summed E-state index contributed by atoms with van der Waals surface area (Å²) in [6.07, 6.45) is 0.473. The highest BCUT2D eigenvalue weighted by molar-refractivity contribution is 6.31. The smallest absolute Gasteiger partial charge is 0.0641 e. The number of hydrogen-bond donors (Lipinski definition) is 1. The van der Waals surface area contributed by atoms with Crippen molar-refractivity contribution in [3.8, 4) is 6.07 Å². The second kappa shape index (κ2) is 6.94. The third-order valence-corrected chi connectivity index (χ3v) is 4.06. The summed E-state index contributed by atoms with van der Waals surface area (Å²) in [5.74, 6) is 0. The van der Waals surface area contributed by atoms with Gasteiger partial charge in [-0.15, -0.1) is 0 Å². The van der Waals surface area contributed by atoms with Crippen LogP contribution in [0, 0.1) is 11.3 Å². The standard InChI is InChI=1S/C15H21ClN4/c1-19(2)12-3-4-13(14(16)11-12)15(5-6-17)20-9-7-18-8-10-20/h3-4,11,15,18H,5,7-10H2,1-2H3/t15-/m1/s1. The van der Waals surface area contributed by atoms with E-state index in [1.54, 1.807) is 0 Å². The Kier molecular flexibility index (Phi) is 5.24. The van der Waals surface area contributed by atoms with Crippen molar-refractivity contribution in [3.63, 3.8) is 0 Å². The molecule has 0 unspecified atom stereocenters. The molecule has 1 aromatic carbocycles. The van der Waals surface area contributed by atoms with Crippen molar-refractivity contribution in [1.82, 2.24) is 10.2 Å². The van der Waals surface area contributed by atoms with Crippen molar-refractivity contribution in [2.24, 2.45) is 0 Å². The molecule has 108 valence electrons. The number of hydrogen-bond acceptors (Lipinski definition) is 4. The zero-order chi connectivity index (χ0) is 14.5. The first-order chi connectivity index (χ1) is 9.63. The predicted molar refractivity (Wildman–Crippen MR) is 83.2 cm³/mol. The maximum absolute atomic E-state index is 9.12. The molecule has 0 spiro atoms. The molecule has 2 rings (SSSR count). The average molecular weight is 293 g/mol. The molecule has 1 heterocycles. The Morgan fingerprint density at radius 1 is 1.40 bits per heavy atom. The average Bonchev–Trinajstić information content (AvgIpc) is 2.46. The van der Waals surface area contributed by atoms with Gasteiger partial charge in [0.25, 0.3) is 0 Å². The van der Waals surface area contributed by atoms with E-state index in [2.05, 4.69) is 28.4 Å². The van der Waals surface area contributed by atoms with Gasteiger partial charge in [0.15, 0.2) is 0 Å². The van der Waals surface area contributed by atoms with Crippen LogP contribution in [-0.2, 0) is 0 Å². The van der Waals surface area contributed by atoms with E-state index in [-0.39, 0.29) is 6.04 Å². The number of anilines is 1. The Hall–Kier alpha value is -1.28. The summed E-state index contributed by atoms with van der Waals surface area (Å²) >= 11 is 6.44. The molecule has 1 atom stereocenters. The molecule has 0 saturated carbocycles. The quantitative estimate of drug-likeness (QED) is 0.924. The minimum Gasteiger partial charge on any atom is -0.378 e. The molecule has 5 heteroatoms. The fourth-order valence-corrected chi connectivity index (χ4v) is 2.88. The van der Waals surface area contributed by atoms with Gasteiger partial charge in [-0.3, -0.25) is 4.90 Å². The van der Waals surface area contributed by atoms with Crippen LogP contribution in [0.3, 0.4) is 0 Å². The van der Waals surface area contributed by atoms with Crippen LogP contribution in [0.25, 0.3) is 0 Å². The SMILES string of the molecule is CN(C)c1ccc([C@@H](CC#N)N2CCNCC2)c(Cl)c1. The van der Waals surface area contributed by atoms with Crippen LogP contribution < -0.4 is 10.2 Å². The highest BCUT2D eigenvalue weighted by Crippen LogP contribution is 2.32. The third kappa shape index (κ3) is 3.43. The van der Waals surface area contributed by atoms with Gasteiger partial charge in [0, 0.05) is 57.0 Å². The van der Waals surface area contributed by atoms with Crippen molar-refractivity contribution in [2.75, 3.05) is 45.2 Å². The Morgan fingerprint density at radius 3 is 2.65 bits per heavy atom. The lowest BCUT2D eigenvalue weighted by Gasteiger charge is -2.34. The molecule has 1 N–H and O–H groups in total. The number of benzene rings is 1. The molecule has 0 radical (unpaired) electrons. The second-order valence-electron chi connectivity index (χ2n) is 5.26. The van der Waals surface area contributed by atoms with Crippen LogP contribution in [-0.4, -0.2) is 45.2 Å². The highest BCUT2D eigenvalue weighted by atomic mass is 35.5. The summed E-state index contributed by atoms with van der Waals surface area (Å²) in [5, 5.41) is 13.2. The number of nitrogens with zero attached hydrogens (tertiary/aromatic N) is 3. The van der Waals surface area contributed by atoms with Gasteiger partial charge in [0.2, 0.25) is 0 Å². The van der Waals surface area contributed by atoms with E-state index in [4.69, 9.17) is 16.9 Å². The van der Waals surface area contributed by atoms with E-state index in [0.29, 0.717) is 6.42 Å². The van der Waals surface area contributed by atoms with Gasteiger partial charge in [-0.05, 0) is 17.7 Å². The topological polar surface area (TPSA) is 42.3 Å². The van der Waals surface area contributed by atoms with Gasteiger partial charge in [-0.1, -0.05) is 17.7 Å². The largest absolute Gasteiger partial charge is 0.378 e. The monoisotopic (exact) mass is 292 g/mol. The summed E-state index contributed by atoms with van der Waals surface area (Å²) < 4.78 is 0. The van der Waals surface area contributed by atoms with Crippen molar-refractivity contribution < 1.29 is 0 Å². The first-order valence-corrected chi connectivity index (χ1v) is 7.29. The lowest BCUT2D eigenvalue weighted by molar-refractivity contribution is 0.175. The number of piperazine rings is 1. The molecule has 1 aliphatic heterocycles. The predicted octanol–water partition coefficient (Wildman–Crippen LogP) is 2.27. The fourth-order valence-electron chi connectivity index (χ4n) is 2.58. The van der Waals surface area contributed by atoms with Crippen molar-refractivity contribution >= 4 is 17.3 Å². The van der Waals surface area contributed by atoms with Gasteiger partial charge in [0.1, 0.15) is 0 Å². The Morgan fingerprint density at radius 2 is 2.10 bits per heavy atom. The number of nitrogens with one attached hydrogen (secondary N) is 1. The van der Waals surface area contributed by atoms with E-state index in [9.17, 15) is 0 Å². The van der Waals surface area contributed by atoms with E-state index < -0.39 is 0 Å². The van der Waals surface area contributed by atoms with E-state index in [0.717, 1.165) is 42.5 Å². The molecule has 1 aromatic rings.